The fourth-order valence-electron chi connectivity index (χ4n) is 2.24. The summed E-state index contributed by atoms with van der Waals surface area (Å²) in [7, 11) is 0. The van der Waals surface area contributed by atoms with Crippen LogP contribution >= 0.6 is 0 Å². The van der Waals surface area contributed by atoms with Gasteiger partial charge in [-0.1, -0.05) is 30.3 Å². The summed E-state index contributed by atoms with van der Waals surface area (Å²) >= 11 is 0. The molecule has 0 saturated heterocycles. The first kappa shape index (κ1) is 17.8. The average Bonchev–Trinajstić information content (AvgIpc) is 2.57. The Balaban J connectivity index is 2.09. The Labute approximate surface area is 137 Å². The summed E-state index contributed by atoms with van der Waals surface area (Å²) in [6.45, 7) is -0.0373. The third-order valence-electron chi connectivity index (χ3n) is 3.42. The van der Waals surface area contributed by atoms with E-state index in [0.717, 1.165) is 5.56 Å². The molecule has 0 aliphatic carbocycles. The van der Waals surface area contributed by atoms with Crippen LogP contribution in [0.3, 0.4) is 0 Å². The van der Waals surface area contributed by atoms with E-state index in [-0.39, 0.29) is 6.61 Å². The molecular weight excluding hydrogens is 321 g/mol. The quantitative estimate of drug-likeness (QED) is 0.703. The first-order valence-corrected chi connectivity index (χ1v) is 7.39. The second-order valence-electron chi connectivity index (χ2n) is 5.17. The van der Waals surface area contributed by atoms with Crippen LogP contribution in [0.2, 0.25) is 0 Å². The molecule has 0 bridgehead atoms. The first-order chi connectivity index (χ1) is 11.5. The van der Waals surface area contributed by atoms with Crippen LogP contribution in [0.4, 0.5) is 23.7 Å². The van der Waals surface area contributed by atoms with Gasteiger partial charge in [0.2, 0.25) is 0 Å². The van der Waals surface area contributed by atoms with Crippen molar-refractivity contribution in [2.24, 2.45) is 0 Å². The zero-order chi connectivity index (χ0) is 17.5. The third-order valence-corrected chi connectivity index (χ3v) is 3.42. The summed E-state index contributed by atoms with van der Waals surface area (Å²) in [6.07, 6.45) is 0.924. The van der Waals surface area contributed by atoms with Gasteiger partial charge in [0.1, 0.15) is 5.82 Å². The standard InChI is InChI=1S/C17H17F3N2O2/c18-12-9-14(20)16(10-13(12)19)22-17(24)21-15(7-4-8-23)11-5-2-1-3-6-11/h1-3,5-6,9-10,15,23H,4,7-8H2,(H2,21,22,24)/t15-/m0/s1. The van der Waals surface area contributed by atoms with Crippen LogP contribution in [0.25, 0.3) is 0 Å². The van der Waals surface area contributed by atoms with Crippen molar-refractivity contribution in [3.63, 3.8) is 0 Å². The number of amides is 2. The Morgan fingerprint density at radius 2 is 1.71 bits per heavy atom. The van der Waals surface area contributed by atoms with Gasteiger partial charge in [0.05, 0.1) is 11.7 Å². The highest BCUT2D eigenvalue weighted by Crippen LogP contribution is 2.20. The second kappa shape index (κ2) is 8.35. The Kier molecular flexibility index (Phi) is 6.20. The monoisotopic (exact) mass is 338 g/mol. The SMILES string of the molecule is O=C(Nc1cc(F)c(F)cc1F)N[C@@H](CCCO)c1ccccc1. The summed E-state index contributed by atoms with van der Waals surface area (Å²) in [5, 5.41) is 13.8. The molecule has 0 spiro atoms. The summed E-state index contributed by atoms with van der Waals surface area (Å²) in [5.41, 5.74) is 0.354. The number of hydrogen-bond donors (Lipinski definition) is 3. The van der Waals surface area contributed by atoms with Crippen LogP contribution < -0.4 is 10.6 Å². The van der Waals surface area contributed by atoms with Gasteiger partial charge in [-0.3, -0.25) is 0 Å². The number of halogens is 3. The van der Waals surface area contributed by atoms with E-state index < -0.39 is 35.2 Å². The Morgan fingerprint density at radius 1 is 1.04 bits per heavy atom. The topological polar surface area (TPSA) is 61.4 Å². The minimum atomic E-state index is -1.33. The number of hydrogen-bond acceptors (Lipinski definition) is 2. The van der Waals surface area contributed by atoms with Crippen molar-refractivity contribution < 1.29 is 23.1 Å². The predicted octanol–water partition coefficient (Wildman–Crippen LogP) is 3.74. The number of benzene rings is 2. The fourth-order valence-corrected chi connectivity index (χ4v) is 2.24. The largest absolute Gasteiger partial charge is 0.396 e. The summed E-state index contributed by atoms with van der Waals surface area (Å²) in [6, 6.07) is 8.81. The molecule has 128 valence electrons. The lowest BCUT2D eigenvalue weighted by Gasteiger charge is -2.19. The fraction of sp³-hybridized carbons (Fsp3) is 0.235. The molecule has 4 nitrogen and oxygen atoms in total. The number of carbonyl (C=O) groups is 1. The number of urea groups is 1. The lowest BCUT2D eigenvalue weighted by atomic mass is 10.0. The molecule has 7 heteroatoms. The molecule has 2 rings (SSSR count). The first-order valence-electron chi connectivity index (χ1n) is 7.39. The summed E-state index contributed by atoms with van der Waals surface area (Å²) < 4.78 is 39.6. The number of aliphatic hydroxyl groups excluding tert-OH is 1. The van der Waals surface area contributed by atoms with Crippen LogP contribution in [0.1, 0.15) is 24.4 Å². The molecule has 2 amide bonds. The molecule has 0 aliphatic rings. The van der Waals surface area contributed by atoms with Gasteiger partial charge in [-0.15, -0.1) is 0 Å². The number of rotatable bonds is 6. The molecule has 0 fully saturated rings. The van der Waals surface area contributed by atoms with Gasteiger partial charge in [0.25, 0.3) is 0 Å². The molecule has 0 heterocycles. The normalized spacial score (nSPS) is 11.8. The zero-order valence-corrected chi connectivity index (χ0v) is 12.7. The van der Waals surface area contributed by atoms with Gasteiger partial charge in [0.15, 0.2) is 11.6 Å². The molecule has 0 aliphatic heterocycles. The minimum Gasteiger partial charge on any atom is -0.396 e. The van der Waals surface area contributed by atoms with Crippen molar-refractivity contribution >= 4 is 11.7 Å². The lowest BCUT2D eigenvalue weighted by molar-refractivity contribution is 0.243. The van der Waals surface area contributed by atoms with Crippen molar-refractivity contribution in [3.8, 4) is 0 Å². The molecule has 0 unspecified atom stereocenters. The van der Waals surface area contributed by atoms with Gasteiger partial charge >= 0.3 is 6.03 Å². The second-order valence-corrected chi connectivity index (χ2v) is 5.17. The van der Waals surface area contributed by atoms with Gasteiger partial charge in [0, 0.05) is 18.7 Å². The highest BCUT2D eigenvalue weighted by molar-refractivity contribution is 5.89. The maximum atomic E-state index is 13.6. The van der Waals surface area contributed by atoms with Gasteiger partial charge in [-0.25, -0.2) is 18.0 Å². The van der Waals surface area contributed by atoms with E-state index in [9.17, 15) is 18.0 Å². The Hall–Kier alpha value is -2.54. The van der Waals surface area contributed by atoms with Crippen LogP contribution in [-0.4, -0.2) is 17.7 Å². The van der Waals surface area contributed by atoms with Crippen LogP contribution in [0.15, 0.2) is 42.5 Å². The molecule has 0 radical (unpaired) electrons. The third kappa shape index (κ3) is 4.73. The van der Waals surface area contributed by atoms with Crippen LogP contribution in [-0.2, 0) is 0 Å². The Bertz CT molecular complexity index is 696. The zero-order valence-electron chi connectivity index (χ0n) is 12.7. The van der Waals surface area contributed by atoms with E-state index in [2.05, 4.69) is 10.6 Å². The average molecular weight is 338 g/mol. The number of anilines is 1. The molecule has 0 saturated carbocycles. The van der Waals surface area contributed by atoms with E-state index >= 15 is 0 Å². The lowest BCUT2D eigenvalue weighted by Crippen LogP contribution is -2.33. The highest BCUT2D eigenvalue weighted by atomic mass is 19.2. The molecular formula is C17H17F3N2O2. The van der Waals surface area contributed by atoms with E-state index in [4.69, 9.17) is 5.11 Å². The molecule has 3 N–H and O–H groups in total. The highest BCUT2D eigenvalue weighted by Gasteiger charge is 2.16. The molecule has 2 aromatic rings. The molecule has 24 heavy (non-hydrogen) atoms. The van der Waals surface area contributed by atoms with Crippen molar-refractivity contribution in [1.82, 2.24) is 5.32 Å². The minimum absolute atomic E-state index is 0.0373. The van der Waals surface area contributed by atoms with Crippen LogP contribution in [0, 0.1) is 17.5 Å². The molecule has 2 aromatic carbocycles. The van der Waals surface area contributed by atoms with Crippen molar-refractivity contribution in [1.29, 1.82) is 0 Å². The van der Waals surface area contributed by atoms with Crippen molar-refractivity contribution in [2.45, 2.75) is 18.9 Å². The number of carbonyl (C=O) groups excluding carboxylic acids is 1. The van der Waals surface area contributed by atoms with Crippen LogP contribution in [0.5, 0.6) is 0 Å². The van der Waals surface area contributed by atoms with E-state index in [1.807, 2.05) is 6.07 Å². The van der Waals surface area contributed by atoms with Gasteiger partial charge in [-0.2, -0.15) is 0 Å². The Morgan fingerprint density at radius 3 is 2.38 bits per heavy atom. The predicted molar refractivity (Wildman–Crippen MR) is 84.0 cm³/mol. The van der Waals surface area contributed by atoms with E-state index in [1.54, 1.807) is 24.3 Å². The smallest absolute Gasteiger partial charge is 0.319 e. The van der Waals surface area contributed by atoms with Crippen molar-refractivity contribution in [3.05, 3.63) is 65.5 Å². The number of aliphatic hydroxyl groups is 1. The van der Waals surface area contributed by atoms with Gasteiger partial charge in [-0.05, 0) is 18.4 Å². The molecule has 0 aromatic heterocycles. The maximum Gasteiger partial charge on any atom is 0.319 e. The number of nitrogens with one attached hydrogen (secondary N) is 2. The van der Waals surface area contributed by atoms with E-state index in [1.165, 1.54) is 0 Å². The van der Waals surface area contributed by atoms with Gasteiger partial charge < -0.3 is 15.7 Å². The molecule has 1 atom stereocenters. The summed E-state index contributed by atoms with van der Waals surface area (Å²) in [5.74, 6) is -3.66. The van der Waals surface area contributed by atoms with E-state index in [0.29, 0.717) is 25.0 Å². The maximum absolute atomic E-state index is 13.6. The van der Waals surface area contributed by atoms with Crippen molar-refractivity contribution in [2.75, 3.05) is 11.9 Å². The summed E-state index contributed by atoms with van der Waals surface area (Å²) in [4.78, 5) is 12.0.